The van der Waals surface area contributed by atoms with Gasteiger partial charge in [-0.05, 0) is 30.3 Å². The molecule has 0 saturated carbocycles. The third-order valence-electron chi connectivity index (χ3n) is 5.15. The third kappa shape index (κ3) is 4.38. The summed E-state index contributed by atoms with van der Waals surface area (Å²) >= 11 is 0. The quantitative estimate of drug-likeness (QED) is 0.632. The van der Waals surface area contributed by atoms with Gasteiger partial charge in [0, 0.05) is 24.2 Å². The van der Waals surface area contributed by atoms with E-state index in [2.05, 4.69) is 15.6 Å². The maximum absolute atomic E-state index is 14.7. The number of ether oxygens (including phenoxy) is 1. The highest BCUT2D eigenvalue weighted by Crippen LogP contribution is 2.28. The highest BCUT2D eigenvalue weighted by Gasteiger charge is 2.31. The Kier molecular flexibility index (Phi) is 6.03. The van der Waals surface area contributed by atoms with E-state index in [1.54, 1.807) is 49.5 Å². The van der Waals surface area contributed by atoms with Crippen LogP contribution in [0, 0.1) is 11.6 Å². The van der Waals surface area contributed by atoms with Crippen molar-refractivity contribution in [3.8, 4) is 5.75 Å². The molecule has 1 heterocycles. The van der Waals surface area contributed by atoms with Crippen LogP contribution in [0.1, 0.15) is 11.1 Å². The lowest BCUT2D eigenvalue weighted by atomic mass is 10.00. The number of benzodiazepines with no additional fused rings is 1. The second kappa shape index (κ2) is 9.07. The van der Waals surface area contributed by atoms with Gasteiger partial charge in [0.1, 0.15) is 17.4 Å². The Morgan fingerprint density at radius 1 is 1.03 bits per heavy atom. The third-order valence-corrected chi connectivity index (χ3v) is 5.15. The van der Waals surface area contributed by atoms with Crippen molar-refractivity contribution in [2.24, 2.45) is 4.99 Å². The molecule has 1 unspecified atom stereocenters. The lowest BCUT2D eigenvalue weighted by Gasteiger charge is -2.21. The fourth-order valence-corrected chi connectivity index (χ4v) is 3.54. The molecule has 1 aliphatic heterocycles. The molecule has 1 atom stereocenters. The molecule has 0 saturated heterocycles. The number of likely N-dealkylation sites (N-methyl/N-ethyl adjacent to an activating group) is 1. The minimum absolute atomic E-state index is 0.109. The molecule has 0 spiro atoms. The zero-order chi connectivity index (χ0) is 23.5. The first kappa shape index (κ1) is 21.9. The Bertz CT molecular complexity index is 1260. The second-order valence-corrected chi connectivity index (χ2v) is 7.22. The first-order chi connectivity index (χ1) is 15.9. The second-order valence-electron chi connectivity index (χ2n) is 7.22. The topological polar surface area (TPSA) is 83.0 Å². The molecular formula is C24H20F2N4O3. The molecule has 3 amide bonds. The SMILES string of the molecule is COc1cc(F)ccc1NC(=O)NC1N=C(c2ccccc2F)c2ccccc2N(C)C1=O. The van der Waals surface area contributed by atoms with Crippen LogP contribution in [0.25, 0.3) is 0 Å². The first-order valence-corrected chi connectivity index (χ1v) is 9.99. The molecule has 3 aromatic carbocycles. The number of benzene rings is 3. The maximum atomic E-state index is 14.7. The molecule has 0 fully saturated rings. The van der Waals surface area contributed by atoms with Gasteiger partial charge in [0.05, 0.1) is 24.2 Å². The van der Waals surface area contributed by atoms with E-state index in [0.717, 1.165) is 12.1 Å². The molecule has 0 aromatic heterocycles. The number of urea groups is 1. The van der Waals surface area contributed by atoms with Crippen LogP contribution in [0.15, 0.2) is 71.7 Å². The van der Waals surface area contributed by atoms with Crippen LogP contribution in [-0.2, 0) is 4.79 Å². The van der Waals surface area contributed by atoms with Crippen molar-refractivity contribution in [3.63, 3.8) is 0 Å². The summed E-state index contributed by atoms with van der Waals surface area (Å²) in [5.41, 5.74) is 1.69. The van der Waals surface area contributed by atoms with Crippen LogP contribution >= 0.6 is 0 Å². The molecule has 9 heteroatoms. The number of carbonyl (C=O) groups excluding carboxylic acids is 2. The molecule has 0 radical (unpaired) electrons. The van der Waals surface area contributed by atoms with Gasteiger partial charge < -0.3 is 20.3 Å². The van der Waals surface area contributed by atoms with Gasteiger partial charge in [0.2, 0.25) is 6.17 Å². The lowest BCUT2D eigenvalue weighted by molar-refractivity contribution is -0.119. The number of hydrogen-bond donors (Lipinski definition) is 2. The summed E-state index contributed by atoms with van der Waals surface area (Å²) < 4.78 is 33.2. The molecule has 4 rings (SSSR count). The molecule has 1 aliphatic rings. The Labute approximate surface area is 188 Å². The van der Waals surface area contributed by atoms with Gasteiger partial charge in [-0.3, -0.25) is 4.79 Å². The monoisotopic (exact) mass is 450 g/mol. The zero-order valence-electron chi connectivity index (χ0n) is 17.8. The van der Waals surface area contributed by atoms with Crippen LogP contribution in [0.3, 0.4) is 0 Å². The van der Waals surface area contributed by atoms with Crippen molar-refractivity contribution < 1.29 is 23.1 Å². The Morgan fingerprint density at radius 2 is 1.73 bits per heavy atom. The summed E-state index contributed by atoms with van der Waals surface area (Å²) in [6.07, 6.45) is -1.34. The van der Waals surface area contributed by atoms with Crippen molar-refractivity contribution in [2.45, 2.75) is 6.17 Å². The number of anilines is 2. The molecule has 3 aromatic rings. The van der Waals surface area contributed by atoms with Crippen molar-refractivity contribution in [2.75, 3.05) is 24.4 Å². The predicted molar refractivity (Wildman–Crippen MR) is 121 cm³/mol. The fraction of sp³-hybridized carbons (Fsp3) is 0.125. The average molecular weight is 450 g/mol. The van der Waals surface area contributed by atoms with Crippen LogP contribution in [0.5, 0.6) is 5.75 Å². The molecule has 0 bridgehead atoms. The van der Waals surface area contributed by atoms with E-state index in [9.17, 15) is 18.4 Å². The highest BCUT2D eigenvalue weighted by molar-refractivity contribution is 6.20. The summed E-state index contributed by atoms with van der Waals surface area (Å²) in [5.74, 6) is -1.45. The van der Waals surface area contributed by atoms with Gasteiger partial charge in [0.25, 0.3) is 5.91 Å². The number of halogens is 2. The van der Waals surface area contributed by atoms with Crippen molar-refractivity contribution >= 4 is 29.0 Å². The standard InChI is InChI=1S/C24H20F2N4O3/c1-30-19-10-6-4-8-16(19)21(15-7-3-5-9-17(15)26)28-22(23(30)31)29-24(32)27-18-12-11-14(25)13-20(18)33-2/h3-13,22H,1-2H3,(H2,27,29,32). The van der Waals surface area contributed by atoms with E-state index in [-0.39, 0.29) is 22.7 Å². The molecule has 33 heavy (non-hydrogen) atoms. The largest absolute Gasteiger partial charge is 0.494 e. The molecule has 2 N–H and O–H groups in total. The fourth-order valence-electron chi connectivity index (χ4n) is 3.54. The van der Waals surface area contributed by atoms with Crippen molar-refractivity contribution in [1.82, 2.24) is 5.32 Å². The summed E-state index contributed by atoms with van der Waals surface area (Å²) in [4.78, 5) is 31.6. The number of rotatable bonds is 4. The zero-order valence-corrected chi connectivity index (χ0v) is 17.8. The molecule has 0 aliphatic carbocycles. The van der Waals surface area contributed by atoms with Gasteiger partial charge in [0.15, 0.2) is 0 Å². The number of nitrogens with one attached hydrogen (secondary N) is 2. The van der Waals surface area contributed by atoms with Crippen LogP contribution in [0.2, 0.25) is 0 Å². The minimum atomic E-state index is -1.34. The van der Waals surface area contributed by atoms with Crippen LogP contribution in [-0.4, -0.2) is 38.0 Å². The van der Waals surface area contributed by atoms with E-state index in [1.807, 2.05) is 0 Å². The number of para-hydroxylation sites is 1. The van der Waals surface area contributed by atoms with Crippen LogP contribution < -0.4 is 20.3 Å². The van der Waals surface area contributed by atoms with Gasteiger partial charge in [-0.25, -0.2) is 18.6 Å². The van der Waals surface area contributed by atoms with E-state index in [4.69, 9.17) is 4.74 Å². The van der Waals surface area contributed by atoms with Crippen molar-refractivity contribution in [3.05, 3.63) is 89.5 Å². The number of hydrogen-bond acceptors (Lipinski definition) is 4. The van der Waals surface area contributed by atoms with Gasteiger partial charge in [-0.15, -0.1) is 0 Å². The highest BCUT2D eigenvalue weighted by atomic mass is 19.1. The number of fused-ring (bicyclic) bond motifs is 1. The first-order valence-electron chi connectivity index (χ1n) is 9.99. The normalized spacial score (nSPS) is 15.3. The minimum Gasteiger partial charge on any atom is -0.494 e. The predicted octanol–water partition coefficient (Wildman–Crippen LogP) is 3.94. The van der Waals surface area contributed by atoms with E-state index >= 15 is 0 Å². The van der Waals surface area contributed by atoms with E-state index in [1.165, 1.54) is 24.1 Å². The number of aliphatic imine (C=N–C) groups is 1. The maximum Gasteiger partial charge on any atom is 0.321 e. The smallest absolute Gasteiger partial charge is 0.321 e. The van der Waals surface area contributed by atoms with Gasteiger partial charge in [-0.1, -0.05) is 30.3 Å². The van der Waals surface area contributed by atoms with E-state index < -0.39 is 29.7 Å². The number of amides is 3. The van der Waals surface area contributed by atoms with Crippen molar-refractivity contribution in [1.29, 1.82) is 0 Å². The Hall–Kier alpha value is -4.27. The van der Waals surface area contributed by atoms with E-state index in [0.29, 0.717) is 11.3 Å². The lowest BCUT2D eigenvalue weighted by Crippen LogP contribution is -2.47. The molecule has 168 valence electrons. The summed E-state index contributed by atoms with van der Waals surface area (Å²) in [6, 6.07) is 15.9. The number of nitrogens with zero attached hydrogens (tertiary/aromatic N) is 2. The summed E-state index contributed by atoms with van der Waals surface area (Å²) in [6.45, 7) is 0. The Morgan fingerprint density at radius 3 is 2.45 bits per heavy atom. The molecular weight excluding hydrogens is 430 g/mol. The number of methoxy groups -OCH3 is 1. The average Bonchev–Trinajstić information content (AvgIpc) is 2.91. The Balaban J connectivity index is 1.71. The molecule has 7 nitrogen and oxygen atoms in total. The van der Waals surface area contributed by atoms with Crippen LogP contribution in [0.4, 0.5) is 25.0 Å². The summed E-state index contributed by atoms with van der Waals surface area (Å²) in [5, 5.41) is 5.03. The summed E-state index contributed by atoms with van der Waals surface area (Å²) in [7, 11) is 2.89. The van der Waals surface area contributed by atoms with Gasteiger partial charge >= 0.3 is 6.03 Å². The van der Waals surface area contributed by atoms with Gasteiger partial charge in [-0.2, -0.15) is 0 Å². The number of carbonyl (C=O) groups is 2.